The van der Waals surface area contributed by atoms with Crippen molar-refractivity contribution in [3.63, 3.8) is 0 Å². The maximum Gasteiger partial charge on any atom is 0.0417 e. The van der Waals surface area contributed by atoms with Gasteiger partial charge in [0, 0.05) is 16.5 Å². The Bertz CT molecular complexity index is 377. The second kappa shape index (κ2) is 8.89. The van der Waals surface area contributed by atoms with Gasteiger partial charge in [0.05, 0.1) is 0 Å². The molecule has 0 bridgehead atoms. The van der Waals surface area contributed by atoms with Crippen LogP contribution in [0.3, 0.4) is 0 Å². The van der Waals surface area contributed by atoms with Gasteiger partial charge >= 0.3 is 0 Å². The van der Waals surface area contributed by atoms with Gasteiger partial charge < -0.3 is 5.32 Å². The molecule has 0 radical (unpaired) electrons. The molecule has 1 aromatic carbocycles. The fraction of sp³-hybridized carbons (Fsp3) is 0.625. The monoisotopic (exact) mass is 299 g/mol. The summed E-state index contributed by atoms with van der Waals surface area (Å²) in [6.07, 6.45) is 1.25. The summed E-state index contributed by atoms with van der Waals surface area (Å²) in [5.74, 6) is 2.60. The van der Waals surface area contributed by atoms with Crippen molar-refractivity contribution in [2.75, 3.05) is 12.3 Å². The number of halogens is 1. The van der Waals surface area contributed by atoms with E-state index in [2.05, 4.69) is 45.1 Å². The quantitative estimate of drug-likeness (QED) is 0.660. The van der Waals surface area contributed by atoms with E-state index in [4.69, 9.17) is 11.6 Å². The lowest BCUT2D eigenvalue weighted by molar-refractivity contribution is 0.550. The molecule has 0 aliphatic rings. The highest BCUT2D eigenvalue weighted by Crippen LogP contribution is 2.27. The van der Waals surface area contributed by atoms with Crippen LogP contribution in [0.15, 0.2) is 23.1 Å². The van der Waals surface area contributed by atoms with Crippen molar-refractivity contribution >= 4 is 23.4 Å². The normalized spacial score (nSPS) is 11.5. The van der Waals surface area contributed by atoms with E-state index < -0.39 is 0 Å². The summed E-state index contributed by atoms with van der Waals surface area (Å²) in [6.45, 7) is 11.0. The van der Waals surface area contributed by atoms with E-state index in [0.717, 1.165) is 29.8 Å². The third-order valence-corrected chi connectivity index (χ3v) is 4.22. The van der Waals surface area contributed by atoms with Crippen molar-refractivity contribution in [1.29, 1.82) is 0 Å². The second-order valence-electron chi connectivity index (χ2n) is 5.81. The molecular formula is C16H26ClNS. The second-order valence-corrected chi connectivity index (χ2v) is 7.38. The molecule has 0 aliphatic carbocycles. The molecule has 0 spiro atoms. The number of nitrogens with one attached hydrogen (secondary N) is 1. The van der Waals surface area contributed by atoms with Gasteiger partial charge in [-0.3, -0.25) is 0 Å². The van der Waals surface area contributed by atoms with E-state index in [9.17, 15) is 0 Å². The lowest BCUT2D eigenvalue weighted by atomic mass is 10.2. The number of hydrogen-bond acceptors (Lipinski definition) is 2. The van der Waals surface area contributed by atoms with Crippen LogP contribution < -0.4 is 5.32 Å². The number of thioether (sulfide) groups is 1. The summed E-state index contributed by atoms with van der Waals surface area (Å²) < 4.78 is 0. The molecule has 0 heterocycles. The Labute approximate surface area is 127 Å². The Balaban J connectivity index is 2.58. The van der Waals surface area contributed by atoms with Gasteiger partial charge in [-0.25, -0.2) is 0 Å². The van der Waals surface area contributed by atoms with Gasteiger partial charge in [0.15, 0.2) is 0 Å². The summed E-state index contributed by atoms with van der Waals surface area (Å²) >= 11 is 8.03. The molecular weight excluding hydrogens is 274 g/mol. The van der Waals surface area contributed by atoms with Gasteiger partial charge in [-0.1, -0.05) is 45.4 Å². The van der Waals surface area contributed by atoms with Crippen LogP contribution in [-0.4, -0.2) is 12.3 Å². The molecule has 1 aromatic rings. The van der Waals surface area contributed by atoms with Crippen molar-refractivity contribution in [3.05, 3.63) is 28.8 Å². The first-order valence-corrected chi connectivity index (χ1v) is 8.47. The highest BCUT2D eigenvalue weighted by molar-refractivity contribution is 7.99. The minimum atomic E-state index is 0.685. The zero-order chi connectivity index (χ0) is 14.3. The van der Waals surface area contributed by atoms with Crippen molar-refractivity contribution in [2.24, 2.45) is 11.8 Å². The highest BCUT2D eigenvalue weighted by Gasteiger charge is 2.05. The van der Waals surface area contributed by atoms with Gasteiger partial charge in [0.2, 0.25) is 0 Å². The molecule has 1 rings (SSSR count). The lowest BCUT2D eigenvalue weighted by Crippen LogP contribution is -2.19. The first-order valence-electron chi connectivity index (χ1n) is 7.11. The molecule has 0 unspecified atom stereocenters. The van der Waals surface area contributed by atoms with E-state index in [1.165, 1.54) is 16.9 Å². The third-order valence-electron chi connectivity index (χ3n) is 2.85. The first-order chi connectivity index (χ1) is 8.99. The molecule has 0 amide bonds. The van der Waals surface area contributed by atoms with Crippen LogP contribution in [0.2, 0.25) is 5.02 Å². The molecule has 0 atom stereocenters. The summed E-state index contributed by atoms with van der Waals surface area (Å²) in [7, 11) is 0. The van der Waals surface area contributed by atoms with Crippen LogP contribution in [0.5, 0.6) is 0 Å². The third kappa shape index (κ3) is 7.24. The molecule has 108 valence electrons. The zero-order valence-electron chi connectivity index (χ0n) is 12.5. The predicted molar refractivity (Wildman–Crippen MR) is 88.2 cm³/mol. The first kappa shape index (κ1) is 16.9. The minimum absolute atomic E-state index is 0.685. The fourth-order valence-electron chi connectivity index (χ4n) is 1.71. The lowest BCUT2D eigenvalue weighted by Gasteiger charge is -2.12. The van der Waals surface area contributed by atoms with Crippen molar-refractivity contribution in [2.45, 2.75) is 45.6 Å². The average Bonchev–Trinajstić information content (AvgIpc) is 2.31. The van der Waals surface area contributed by atoms with Gasteiger partial charge in [-0.2, -0.15) is 0 Å². The summed E-state index contributed by atoms with van der Waals surface area (Å²) in [5, 5.41) is 4.34. The van der Waals surface area contributed by atoms with E-state index in [0.29, 0.717) is 5.92 Å². The van der Waals surface area contributed by atoms with Gasteiger partial charge in [0.1, 0.15) is 0 Å². The zero-order valence-corrected chi connectivity index (χ0v) is 14.1. The van der Waals surface area contributed by atoms with Crippen LogP contribution in [0.4, 0.5) is 0 Å². The van der Waals surface area contributed by atoms with E-state index >= 15 is 0 Å². The predicted octanol–water partition coefficient (Wildman–Crippen LogP) is 5.22. The largest absolute Gasteiger partial charge is 0.312 e. The van der Waals surface area contributed by atoms with Crippen LogP contribution in [0, 0.1) is 11.8 Å². The maximum atomic E-state index is 6.11. The molecule has 0 aliphatic heterocycles. The Morgan fingerprint density at radius 1 is 1.16 bits per heavy atom. The highest BCUT2D eigenvalue weighted by atomic mass is 35.5. The minimum Gasteiger partial charge on any atom is -0.312 e. The SMILES string of the molecule is CC(C)CCSc1cc(Cl)ccc1CNCC(C)C. The molecule has 19 heavy (non-hydrogen) atoms. The van der Waals surface area contributed by atoms with Gasteiger partial charge in [0.25, 0.3) is 0 Å². The van der Waals surface area contributed by atoms with E-state index in [-0.39, 0.29) is 0 Å². The van der Waals surface area contributed by atoms with E-state index in [1.807, 2.05) is 17.8 Å². The molecule has 0 fully saturated rings. The van der Waals surface area contributed by atoms with E-state index in [1.54, 1.807) is 0 Å². The molecule has 0 saturated heterocycles. The Morgan fingerprint density at radius 3 is 2.53 bits per heavy atom. The Morgan fingerprint density at radius 2 is 1.89 bits per heavy atom. The maximum absolute atomic E-state index is 6.11. The molecule has 0 saturated carbocycles. The van der Waals surface area contributed by atoms with Crippen molar-refractivity contribution in [3.8, 4) is 0 Å². The van der Waals surface area contributed by atoms with Crippen LogP contribution in [-0.2, 0) is 6.54 Å². The van der Waals surface area contributed by atoms with Crippen LogP contribution in [0.25, 0.3) is 0 Å². The standard InChI is InChI=1S/C16H26ClNS/c1-12(2)7-8-19-16-9-15(17)6-5-14(16)11-18-10-13(3)4/h5-6,9,12-13,18H,7-8,10-11H2,1-4H3. The Kier molecular flexibility index (Phi) is 7.89. The topological polar surface area (TPSA) is 12.0 Å². The molecule has 3 heteroatoms. The molecule has 1 N–H and O–H groups in total. The average molecular weight is 300 g/mol. The fourth-order valence-corrected chi connectivity index (χ4v) is 3.29. The molecule has 0 aromatic heterocycles. The van der Waals surface area contributed by atoms with Crippen molar-refractivity contribution < 1.29 is 0 Å². The van der Waals surface area contributed by atoms with Gasteiger partial charge in [-0.05, 0) is 48.3 Å². The summed E-state index contributed by atoms with van der Waals surface area (Å²) in [5.41, 5.74) is 1.36. The summed E-state index contributed by atoms with van der Waals surface area (Å²) in [4.78, 5) is 1.32. The summed E-state index contributed by atoms with van der Waals surface area (Å²) in [6, 6.07) is 6.23. The van der Waals surface area contributed by atoms with Gasteiger partial charge in [-0.15, -0.1) is 11.8 Å². The number of rotatable bonds is 8. The molecule has 1 nitrogen and oxygen atoms in total. The van der Waals surface area contributed by atoms with Crippen molar-refractivity contribution in [1.82, 2.24) is 5.32 Å². The van der Waals surface area contributed by atoms with Crippen LogP contribution in [0.1, 0.15) is 39.7 Å². The number of benzene rings is 1. The Hall–Kier alpha value is -0.180. The van der Waals surface area contributed by atoms with Crippen LogP contribution >= 0.6 is 23.4 Å². The number of hydrogen-bond donors (Lipinski definition) is 1. The smallest absolute Gasteiger partial charge is 0.0417 e.